The Hall–Kier alpha value is -2.28. The van der Waals surface area contributed by atoms with Crippen LogP contribution in [0.1, 0.15) is 16.1 Å². The fourth-order valence-electron chi connectivity index (χ4n) is 2.08. The van der Waals surface area contributed by atoms with E-state index < -0.39 is 23.1 Å². The Kier molecular flexibility index (Phi) is 3.89. The highest BCUT2D eigenvalue weighted by molar-refractivity contribution is 9.10. The van der Waals surface area contributed by atoms with Gasteiger partial charge in [-0.3, -0.25) is 4.79 Å². The molecule has 0 atom stereocenters. The zero-order chi connectivity index (χ0) is 15.7. The predicted octanol–water partition coefficient (Wildman–Crippen LogP) is 3.31. The van der Waals surface area contributed by atoms with Gasteiger partial charge in [0.25, 0.3) is 5.91 Å². The molecule has 3 rings (SSSR count). The molecule has 0 aliphatic rings. The summed E-state index contributed by atoms with van der Waals surface area (Å²) in [5, 5.41) is 2.47. The van der Waals surface area contributed by atoms with Crippen LogP contribution in [0.25, 0.3) is 5.65 Å². The van der Waals surface area contributed by atoms with Gasteiger partial charge in [-0.1, -0.05) is 6.07 Å². The van der Waals surface area contributed by atoms with E-state index in [0.29, 0.717) is 11.3 Å². The third-order valence-electron chi connectivity index (χ3n) is 3.08. The molecule has 0 aliphatic carbocycles. The number of imidazole rings is 1. The Morgan fingerprint density at radius 1 is 1.18 bits per heavy atom. The first-order valence-electron chi connectivity index (χ1n) is 6.40. The number of halogens is 3. The van der Waals surface area contributed by atoms with Crippen molar-refractivity contribution in [2.75, 3.05) is 0 Å². The van der Waals surface area contributed by atoms with Crippen LogP contribution in [-0.4, -0.2) is 15.3 Å². The van der Waals surface area contributed by atoms with Gasteiger partial charge in [0.15, 0.2) is 0 Å². The van der Waals surface area contributed by atoms with Gasteiger partial charge in [-0.05, 0) is 40.2 Å². The van der Waals surface area contributed by atoms with Crippen molar-refractivity contribution in [3.05, 3.63) is 70.1 Å². The predicted molar refractivity (Wildman–Crippen MR) is 80.4 cm³/mol. The summed E-state index contributed by atoms with van der Waals surface area (Å²) in [6.07, 6.45) is 3.56. The Morgan fingerprint density at radius 2 is 1.91 bits per heavy atom. The topological polar surface area (TPSA) is 46.4 Å². The number of hydrogen-bond acceptors (Lipinski definition) is 2. The van der Waals surface area contributed by atoms with Gasteiger partial charge < -0.3 is 9.72 Å². The molecule has 1 N–H and O–H groups in total. The highest BCUT2D eigenvalue weighted by atomic mass is 79.9. The molecule has 0 saturated heterocycles. The fourth-order valence-corrected chi connectivity index (χ4v) is 2.43. The monoisotopic (exact) mass is 365 g/mol. The summed E-state index contributed by atoms with van der Waals surface area (Å²) in [7, 11) is 0. The molecule has 0 spiro atoms. The number of hydrogen-bond donors (Lipinski definition) is 1. The standard InChI is InChI=1S/C15H10BrF2N3O/c16-9-4-5-13-20-10(8-21(13)7-9)6-19-15(22)14-11(17)2-1-3-12(14)18/h1-5,7-8H,6H2,(H,19,22). The number of nitrogens with zero attached hydrogens (tertiary/aromatic N) is 2. The number of pyridine rings is 1. The maximum Gasteiger partial charge on any atom is 0.257 e. The molecule has 0 bridgehead atoms. The zero-order valence-corrected chi connectivity index (χ0v) is 12.8. The second-order valence-electron chi connectivity index (χ2n) is 4.62. The molecule has 0 radical (unpaired) electrons. The minimum absolute atomic E-state index is 0.0753. The lowest BCUT2D eigenvalue weighted by atomic mass is 10.2. The molecule has 112 valence electrons. The Labute approximate surface area is 132 Å². The van der Waals surface area contributed by atoms with Crippen LogP contribution >= 0.6 is 15.9 Å². The van der Waals surface area contributed by atoms with Gasteiger partial charge in [0.1, 0.15) is 22.8 Å². The lowest BCUT2D eigenvalue weighted by Gasteiger charge is -2.05. The van der Waals surface area contributed by atoms with Crippen LogP contribution in [0.15, 0.2) is 47.2 Å². The van der Waals surface area contributed by atoms with Crippen molar-refractivity contribution in [1.82, 2.24) is 14.7 Å². The summed E-state index contributed by atoms with van der Waals surface area (Å²) in [5.41, 5.74) is 0.710. The van der Waals surface area contributed by atoms with Crippen LogP contribution in [0.5, 0.6) is 0 Å². The molecule has 0 fully saturated rings. The van der Waals surface area contributed by atoms with Crippen molar-refractivity contribution in [2.45, 2.75) is 6.54 Å². The van der Waals surface area contributed by atoms with Gasteiger partial charge >= 0.3 is 0 Å². The molecular weight excluding hydrogens is 356 g/mol. The molecule has 22 heavy (non-hydrogen) atoms. The first kappa shape index (κ1) is 14.6. The minimum Gasteiger partial charge on any atom is -0.346 e. The van der Waals surface area contributed by atoms with Crippen LogP contribution in [0.2, 0.25) is 0 Å². The Balaban J connectivity index is 1.77. The van der Waals surface area contributed by atoms with Crippen LogP contribution in [-0.2, 0) is 6.54 Å². The average Bonchev–Trinajstić information content (AvgIpc) is 2.87. The fraction of sp³-hybridized carbons (Fsp3) is 0.0667. The van der Waals surface area contributed by atoms with Gasteiger partial charge in [0.2, 0.25) is 0 Å². The molecule has 4 nitrogen and oxygen atoms in total. The molecule has 1 aromatic carbocycles. The number of aromatic nitrogens is 2. The maximum absolute atomic E-state index is 13.5. The third kappa shape index (κ3) is 2.85. The molecule has 2 heterocycles. The number of rotatable bonds is 3. The summed E-state index contributed by atoms with van der Waals surface area (Å²) in [6, 6.07) is 6.95. The van der Waals surface area contributed by atoms with Crippen LogP contribution in [0.3, 0.4) is 0 Å². The van der Waals surface area contributed by atoms with Gasteiger partial charge in [0, 0.05) is 16.9 Å². The van der Waals surface area contributed by atoms with Crippen molar-refractivity contribution in [3.8, 4) is 0 Å². The van der Waals surface area contributed by atoms with Crippen molar-refractivity contribution in [3.63, 3.8) is 0 Å². The van der Waals surface area contributed by atoms with E-state index in [-0.39, 0.29) is 6.54 Å². The third-order valence-corrected chi connectivity index (χ3v) is 3.55. The zero-order valence-electron chi connectivity index (χ0n) is 11.2. The Bertz CT molecular complexity index is 843. The van der Waals surface area contributed by atoms with Crippen molar-refractivity contribution in [1.29, 1.82) is 0 Å². The van der Waals surface area contributed by atoms with Crippen molar-refractivity contribution >= 4 is 27.5 Å². The number of nitrogens with one attached hydrogen (secondary N) is 1. The van der Waals surface area contributed by atoms with E-state index in [1.54, 1.807) is 10.6 Å². The minimum atomic E-state index is -0.892. The molecule has 0 unspecified atom stereocenters. The van der Waals surface area contributed by atoms with Gasteiger partial charge in [0.05, 0.1) is 12.2 Å². The van der Waals surface area contributed by atoms with E-state index in [9.17, 15) is 13.6 Å². The van der Waals surface area contributed by atoms with Crippen LogP contribution in [0, 0.1) is 11.6 Å². The summed E-state index contributed by atoms with van der Waals surface area (Å²) in [4.78, 5) is 16.2. The quantitative estimate of drug-likeness (QED) is 0.773. The largest absolute Gasteiger partial charge is 0.346 e. The number of carbonyl (C=O) groups is 1. The van der Waals surface area contributed by atoms with Crippen molar-refractivity contribution < 1.29 is 13.6 Å². The first-order valence-corrected chi connectivity index (χ1v) is 7.19. The molecule has 1 amide bonds. The second kappa shape index (κ2) is 5.84. The van der Waals surface area contributed by atoms with E-state index in [0.717, 1.165) is 16.6 Å². The van der Waals surface area contributed by atoms with E-state index in [1.165, 1.54) is 6.07 Å². The molecule has 3 aromatic rings. The lowest BCUT2D eigenvalue weighted by Crippen LogP contribution is -2.25. The smallest absolute Gasteiger partial charge is 0.257 e. The Morgan fingerprint density at radius 3 is 2.64 bits per heavy atom. The SMILES string of the molecule is O=C(NCc1cn2cc(Br)ccc2n1)c1c(F)cccc1F. The second-order valence-corrected chi connectivity index (χ2v) is 5.54. The lowest BCUT2D eigenvalue weighted by molar-refractivity contribution is 0.0942. The van der Waals surface area contributed by atoms with Crippen LogP contribution < -0.4 is 5.32 Å². The maximum atomic E-state index is 13.5. The highest BCUT2D eigenvalue weighted by Gasteiger charge is 2.16. The molecule has 0 aliphatic heterocycles. The van der Waals surface area contributed by atoms with Crippen molar-refractivity contribution in [2.24, 2.45) is 0 Å². The molecular formula is C15H10BrF2N3O. The first-order chi connectivity index (χ1) is 10.5. The van der Waals surface area contributed by atoms with E-state index in [4.69, 9.17) is 0 Å². The summed E-state index contributed by atoms with van der Waals surface area (Å²) in [6.45, 7) is 0.0753. The summed E-state index contributed by atoms with van der Waals surface area (Å²) in [5.74, 6) is -2.60. The highest BCUT2D eigenvalue weighted by Crippen LogP contribution is 2.14. The normalized spacial score (nSPS) is 10.9. The molecule has 0 saturated carbocycles. The van der Waals surface area contributed by atoms with Crippen LogP contribution in [0.4, 0.5) is 8.78 Å². The number of carbonyl (C=O) groups excluding carboxylic acids is 1. The van der Waals surface area contributed by atoms with E-state index in [1.807, 2.05) is 18.3 Å². The number of fused-ring (bicyclic) bond motifs is 1. The number of amides is 1. The van der Waals surface area contributed by atoms with Gasteiger partial charge in [-0.25, -0.2) is 13.8 Å². The van der Waals surface area contributed by atoms with Gasteiger partial charge in [-0.2, -0.15) is 0 Å². The molecule has 2 aromatic heterocycles. The number of benzene rings is 1. The molecule has 7 heteroatoms. The van der Waals surface area contributed by atoms with E-state index >= 15 is 0 Å². The summed E-state index contributed by atoms with van der Waals surface area (Å²) >= 11 is 3.35. The van der Waals surface area contributed by atoms with E-state index in [2.05, 4.69) is 26.2 Å². The summed E-state index contributed by atoms with van der Waals surface area (Å²) < 4.78 is 29.7. The average molecular weight is 366 g/mol. The van der Waals surface area contributed by atoms with Gasteiger partial charge in [-0.15, -0.1) is 0 Å².